The Kier molecular flexibility index (Phi) is 6.09. The van der Waals surface area contributed by atoms with Crippen molar-refractivity contribution in [3.8, 4) is 0 Å². The van der Waals surface area contributed by atoms with Crippen molar-refractivity contribution in [2.24, 2.45) is 0 Å². The van der Waals surface area contributed by atoms with Crippen LogP contribution < -0.4 is 10.6 Å². The van der Waals surface area contributed by atoms with Crippen LogP contribution >= 0.6 is 0 Å². The van der Waals surface area contributed by atoms with E-state index >= 15 is 0 Å². The van der Waals surface area contributed by atoms with Crippen LogP contribution in [0.2, 0.25) is 0 Å². The molecule has 1 atom stereocenters. The van der Waals surface area contributed by atoms with E-state index in [0.29, 0.717) is 37.1 Å². The largest absolute Gasteiger partial charge is 0.355 e. The van der Waals surface area contributed by atoms with Crippen LogP contribution in [-0.4, -0.2) is 35.7 Å². The summed E-state index contributed by atoms with van der Waals surface area (Å²) in [6.45, 7) is 2.55. The third-order valence-corrected chi connectivity index (χ3v) is 3.36. The molecule has 1 aromatic carbocycles. The number of hydrogen-bond acceptors (Lipinski definition) is 5. The second-order valence-corrected chi connectivity index (χ2v) is 5.26. The maximum atomic E-state index is 11.8. The second-order valence-electron chi connectivity index (χ2n) is 5.26. The quantitative estimate of drug-likeness (QED) is 0.764. The van der Waals surface area contributed by atoms with Gasteiger partial charge >= 0.3 is 0 Å². The number of hydrogen-bond donors (Lipinski definition) is 2. The van der Waals surface area contributed by atoms with Crippen LogP contribution in [0.25, 0.3) is 0 Å². The zero-order valence-electron chi connectivity index (χ0n) is 13.0. The fourth-order valence-electron chi connectivity index (χ4n) is 2.00. The minimum atomic E-state index is -0.00487. The number of amides is 1. The van der Waals surface area contributed by atoms with Crippen molar-refractivity contribution in [1.82, 2.24) is 20.8 Å². The fourth-order valence-corrected chi connectivity index (χ4v) is 2.00. The molecule has 1 amide bonds. The number of nitrogens with zero attached hydrogens (tertiary/aromatic N) is 2. The Balaban J connectivity index is 1.71. The monoisotopic (exact) mass is 302 g/mol. The minimum Gasteiger partial charge on any atom is -0.355 e. The van der Waals surface area contributed by atoms with Crippen LogP contribution in [0, 0.1) is 0 Å². The van der Waals surface area contributed by atoms with E-state index in [1.165, 1.54) is 0 Å². The summed E-state index contributed by atoms with van der Waals surface area (Å²) in [4.78, 5) is 16.1. The molecular formula is C16H22N4O2. The van der Waals surface area contributed by atoms with Gasteiger partial charge in [0.05, 0.1) is 6.42 Å². The third kappa shape index (κ3) is 5.29. The highest BCUT2D eigenvalue weighted by atomic mass is 16.5. The summed E-state index contributed by atoms with van der Waals surface area (Å²) in [6, 6.07) is 9.96. The normalized spacial score (nSPS) is 12.1. The zero-order chi connectivity index (χ0) is 15.8. The average Bonchev–Trinajstić information content (AvgIpc) is 2.95. The number of nitrogens with one attached hydrogen (secondary N) is 2. The van der Waals surface area contributed by atoms with Gasteiger partial charge < -0.3 is 15.2 Å². The van der Waals surface area contributed by atoms with Gasteiger partial charge in [0.15, 0.2) is 5.82 Å². The standard InChI is InChI=1S/C16H22N4O2/c1-12(17-2)10-14-19-16(22-20-14)8-9-18-15(21)11-13-6-4-3-5-7-13/h3-7,12,17H,8-11H2,1-2H3,(H,18,21). The molecule has 6 nitrogen and oxygen atoms in total. The van der Waals surface area contributed by atoms with Crippen LogP contribution in [0.5, 0.6) is 0 Å². The van der Waals surface area contributed by atoms with Gasteiger partial charge in [-0.2, -0.15) is 4.98 Å². The zero-order valence-corrected chi connectivity index (χ0v) is 13.0. The van der Waals surface area contributed by atoms with Crippen molar-refractivity contribution in [1.29, 1.82) is 0 Å². The molecule has 118 valence electrons. The van der Waals surface area contributed by atoms with E-state index in [2.05, 4.69) is 27.7 Å². The summed E-state index contributed by atoms with van der Waals surface area (Å²) >= 11 is 0. The first-order valence-corrected chi connectivity index (χ1v) is 7.46. The molecule has 2 aromatic rings. The van der Waals surface area contributed by atoms with Gasteiger partial charge in [-0.05, 0) is 19.5 Å². The van der Waals surface area contributed by atoms with Crippen molar-refractivity contribution in [3.05, 3.63) is 47.6 Å². The van der Waals surface area contributed by atoms with Gasteiger partial charge in [0.1, 0.15) is 0 Å². The molecule has 1 heterocycles. The molecule has 2 rings (SSSR count). The molecule has 0 saturated heterocycles. The Bertz CT molecular complexity index is 583. The maximum Gasteiger partial charge on any atom is 0.228 e. The van der Waals surface area contributed by atoms with Crippen molar-refractivity contribution >= 4 is 5.91 Å². The van der Waals surface area contributed by atoms with Crippen molar-refractivity contribution < 1.29 is 9.32 Å². The number of carbonyl (C=O) groups is 1. The lowest BCUT2D eigenvalue weighted by Crippen LogP contribution is -2.27. The topological polar surface area (TPSA) is 80.0 Å². The third-order valence-electron chi connectivity index (χ3n) is 3.36. The number of likely N-dealkylation sites (N-methyl/N-ethyl adjacent to an activating group) is 1. The molecule has 6 heteroatoms. The molecule has 0 radical (unpaired) electrons. The highest BCUT2D eigenvalue weighted by molar-refractivity contribution is 5.78. The van der Waals surface area contributed by atoms with Gasteiger partial charge in [-0.15, -0.1) is 0 Å². The molecule has 0 aliphatic rings. The number of benzene rings is 1. The van der Waals surface area contributed by atoms with Gasteiger partial charge in [0.25, 0.3) is 0 Å². The maximum absolute atomic E-state index is 11.8. The Morgan fingerprint density at radius 1 is 1.32 bits per heavy atom. The summed E-state index contributed by atoms with van der Waals surface area (Å²) in [6.07, 6.45) is 1.65. The van der Waals surface area contributed by atoms with Gasteiger partial charge in [-0.3, -0.25) is 4.79 Å². The number of carbonyl (C=O) groups excluding carboxylic acids is 1. The van der Waals surface area contributed by atoms with E-state index in [1.54, 1.807) is 0 Å². The Labute approximate surface area is 130 Å². The van der Waals surface area contributed by atoms with Crippen molar-refractivity contribution in [2.45, 2.75) is 32.2 Å². The first kappa shape index (κ1) is 16.2. The highest BCUT2D eigenvalue weighted by Gasteiger charge is 2.10. The molecule has 22 heavy (non-hydrogen) atoms. The van der Waals surface area contributed by atoms with Crippen LogP contribution in [0.15, 0.2) is 34.9 Å². The molecule has 2 N–H and O–H groups in total. The predicted molar refractivity (Wildman–Crippen MR) is 83.4 cm³/mol. The van der Waals surface area contributed by atoms with E-state index in [4.69, 9.17) is 4.52 Å². The lowest BCUT2D eigenvalue weighted by atomic mass is 10.1. The van der Waals surface area contributed by atoms with Crippen molar-refractivity contribution in [3.63, 3.8) is 0 Å². The first-order valence-electron chi connectivity index (χ1n) is 7.46. The van der Waals surface area contributed by atoms with Crippen molar-refractivity contribution in [2.75, 3.05) is 13.6 Å². The smallest absolute Gasteiger partial charge is 0.228 e. The molecule has 1 unspecified atom stereocenters. The molecule has 0 bridgehead atoms. The van der Waals surface area contributed by atoms with E-state index in [0.717, 1.165) is 12.0 Å². The van der Waals surface area contributed by atoms with Crippen LogP contribution in [-0.2, 0) is 24.1 Å². The molecule has 0 aliphatic carbocycles. The van der Waals surface area contributed by atoms with Crippen LogP contribution in [0.4, 0.5) is 0 Å². The summed E-state index contributed by atoms with van der Waals surface area (Å²) in [5.74, 6) is 1.24. The summed E-state index contributed by atoms with van der Waals surface area (Å²) < 4.78 is 5.17. The van der Waals surface area contributed by atoms with Gasteiger partial charge in [-0.1, -0.05) is 35.5 Å². The summed E-state index contributed by atoms with van der Waals surface area (Å²) in [7, 11) is 1.90. The SMILES string of the molecule is CNC(C)Cc1noc(CCNC(=O)Cc2ccccc2)n1. The Morgan fingerprint density at radius 3 is 2.82 bits per heavy atom. The second kappa shape index (κ2) is 8.29. The first-order chi connectivity index (χ1) is 10.7. The van der Waals surface area contributed by atoms with Crippen LogP contribution in [0.3, 0.4) is 0 Å². The van der Waals surface area contributed by atoms with Gasteiger partial charge in [-0.25, -0.2) is 0 Å². The molecule has 0 saturated carbocycles. The van der Waals surface area contributed by atoms with Gasteiger partial charge in [0, 0.05) is 25.4 Å². The highest BCUT2D eigenvalue weighted by Crippen LogP contribution is 2.02. The lowest BCUT2D eigenvalue weighted by molar-refractivity contribution is -0.120. The summed E-state index contributed by atoms with van der Waals surface area (Å²) in [5, 5.41) is 9.92. The summed E-state index contributed by atoms with van der Waals surface area (Å²) in [5.41, 5.74) is 1.00. The van der Waals surface area contributed by atoms with E-state index < -0.39 is 0 Å². The molecule has 0 fully saturated rings. The van der Waals surface area contributed by atoms with Gasteiger partial charge in [0.2, 0.25) is 11.8 Å². The fraction of sp³-hybridized carbons (Fsp3) is 0.438. The Hall–Kier alpha value is -2.21. The number of aromatic nitrogens is 2. The molecular weight excluding hydrogens is 280 g/mol. The molecule has 1 aromatic heterocycles. The molecule has 0 spiro atoms. The Morgan fingerprint density at radius 2 is 2.09 bits per heavy atom. The van der Waals surface area contributed by atoms with Crippen LogP contribution in [0.1, 0.15) is 24.2 Å². The molecule has 0 aliphatic heterocycles. The average molecular weight is 302 g/mol. The predicted octanol–water partition coefficient (Wildman–Crippen LogP) is 1.12. The lowest BCUT2D eigenvalue weighted by Gasteiger charge is -2.04. The minimum absolute atomic E-state index is 0.00487. The van der Waals surface area contributed by atoms with E-state index in [9.17, 15) is 4.79 Å². The van der Waals surface area contributed by atoms with E-state index in [1.807, 2.05) is 37.4 Å². The van der Waals surface area contributed by atoms with E-state index in [-0.39, 0.29) is 5.91 Å². The number of rotatable bonds is 8.